The molecule has 0 bridgehead atoms. The van der Waals surface area contributed by atoms with E-state index in [1.165, 1.54) is 12.3 Å². The first-order chi connectivity index (χ1) is 10.0. The Hall–Kier alpha value is -1.32. The Morgan fingerprint density at radius 1 is 1.59 bits per heavy atom. The summed E-state index contributed by atoms with van der Waals surface area (Å²) in [6.45, 7) is 1.04. The highest BCUT2D eigenvalue weighted by molar-refractivity contribution is 7.51. The molecule has 0 aromatic carbocycles. The minimum atomic E-state index is -4.31. The van der Waals surface area contributed by atoms with Crippen molar-refractivity contribution in [3.63, 3.8) is 0 Å². The van der Waals surface area contributed by atoms with Crippen LogP contribution in [0.2, 0.25) is 0 Å². The number of alkyl halides is 1. The molecule has 0 spiro atoms. The van der Waals surface area contributed by atoms with Gasteiger partial charge in [-0.25, -0.2) is 9.18 Å². The molecule has 4 atom stereocenters. The largest absolute Gasteiger partial charge is 0.387 e. The average Bonchev–Trinajstić information content (AvgIpc) is 2.59. The molecule has 0 radical (unpaired) electrons. The number of ether oxygens (including phenoxy) is 1. The number of aliphatic hydroxyl groups excluding tert-OH is 1. The summed E-state index contributed by atoms with van der Waals surface area (Å²) in [5.41, 5.74) is 2.17. The molecule has 22 heavy (non-hydrogen) atoms. The van der Waals surface area contributed by atoms with E-state index in [-0.39, 0.29) is 12.2 Å². The molecule has 1 aromatic rings. The molecule has 1 saturated heterocycles. The fraction of sp³-hybridized carbons (Fsp3) is 0.636. The number of halogens is 1. The summed E-state index contributed by atoms with van der Waals surface area (Å²) in [5.74, 6) is -0.0431. The van der Waals surface area contributed by atoms with Crippen LogP contribution in [0.25, 0.3) is 0 Å². The molecule has 0 amide bonds. The Bertz CT molecular complexity index is 659. The molecular formula is C11H17FN3O6P. The number of aliphatic hydroxyl groups is 1. The van der Waals surface area contributed by atoms with E-state index in [4.69, 9.17) is 20.3 Å². The van der Waals surface area contributed by atoms with E-state index in [1.807, 2.05) is 0 Å². The zero-order valence-corrected chi connectivity index (χ0v) is 12.6. The van der Waals surface area contributed by atoms with Crippen molar-refractivity contribution in [3.8, 4) is 0 Å². The lowest BCUT2D eigenvalue weighted by molar-refractivity contribution is -0.0509. The summed E-state index contributed by atoms with van der Waals surface area (Å²) in [5, 5.41) is 9.98. The van der Waals surface area contributed by atoms with Crippen LogP contribution < -0.4 is 11.4 Å². The topological polar surface area (TPSA) is 148 Å². The van der Waals surface area contributed by atoms with Gasteiger partial charge in [0.05, 0.1) is 12.3 Å². The molecule has 1 fully saturated rings. The number of nitrogens with two attached hydrogens (primary N) is 1. The summed E-state index contributed by atoms with van der Waals surface area (Å²) in [7, 11) is -4.31. The van der Waals surface area contributed by atoms with E-state index in [1.54, 1.807) is 0 Å². The third-order valence-corrected chi connectivity index (χ3v) is 4.37. The zero-order valence-electron chi connectivity index (χ0n) is 11.7. The van der Waals surface area contributed by atoms with Gasteiger partial charge in [0.2, 0.25) is 0 Å². The van der Waals surface area contributed by atoms with Gasteiger partial charge in [0.15, 0.2) is 11.9 Å². The molecular weight excluding hydrogens is 320 g/mol. The van der Waals surface area contributed by atoms with Gasteiger partial charge in [-0.1, -0.05) is 0 Å². The van der Waals surface area contributed by atoms with E-state index in [0.29, 0.717) is 0 Å². The Kier molecular flexibility index (Phi) is 4.42. The second kappa shape index (κ2) is 5.71. The summed E-state index contributed by atoms with van der Waals surface area (Å²) >= 11 is 0. The maximum Gasteiger partial charge on any atom is 0.351 e. The van der Waals surface area contributed by atoms with E-state index in [9.17, 15) is 18.9 Å². The van der Waals surface area contributed by atoms with Gasteiger partial charge in [-0.2, -0.15) is 4.98 Å². The van der Waals surface area contributed by atoms with Gasteiger partial charge in [0.25, 0.3) is 0 Å². The highest BCUT2D eigenvalue weighted by atomic mass is 31.2. The van der Waals surface area contributed by atoms with Crippen molar-refractivity contribution in [1.29, 1.82) is 0 Å². The lowest BCUT2D eigenvalue weighted by Gasteiger charge is -2.24. The lowest BCUT2D eigenvalue weighted by atomic mass is 9.97. The van der Waals surface area contributed by atoms with Gasteiger partial charge in [-0.3, -0.25) is 9.13 Å². The Balaban J connectivity index is 2.26. The maximum absolute atomic E-state index is 14.7. The zero-order chi connectivity index (χ0) is 16.7. The number of nitrogen functional groups attached to an aromatic ring is 1. The molecule has 1 aliphatic rings. The van der Waals surface area contributed by atoms with E-state index in [2.05, 4.69) is 4.98 Å². The predicted octanol–water partition coefficient (Wildman–Crippen LogP) is -0.620. The van der Waals surface area contributed by atoms with Crippen LogP contribution in [0.15, 0.2) is 17.1 Å². The van der Waals surface area contributed by atoms with Gasteiger partial charge in [-0.05, 0) is 19.4 Å². The van der Waals surface area contributed by atoms with Gasteiger partial charge in [-0.15, -0.1) is 0 Å². The molecule has 2 heterocycles. The molecule has 1 unspecified atom stereocenters. The number of anilines is 1. The van der Waals surface area contributed by atoms with E-state index >= 15 is 0 Å². The second-order valence-corrected chi connectivity index (χ2v) is 7.12. The first-order valence-electron chi connectivity index (χ1n) is 6.44. The molecule has 1 aromatic heterocycles. The highest BCUT2D eigenvalue weighted by Crippen LogP contribution is 2.44. The van der Waals surface area contributed by atoms with Crippen LogP contribution in [0.5, 0.6) is 0 Å². The maximum atomic E-state index is 14.7. The van der Waals surface area contributed by atoms with Crippen molar-refractivity contribution in [2.45, 2.75) is 37.4 Å². The van der Waals surface area contributed by atoms with E-state index < -0.39 is 43.6 Å². The molecule has 124 valence electrons. The molecule has 9 nitrogen and oxygen atoms in total. The first-order valence-corrected chi connectivity index (χ1v) is 8.24. The summed E-state index contributed by atoms with van der Waals surface area (Å²) in [6, 6.07) is 1.27. The molecule has 0 saturated carbocycles. The number of hydrogen-bond acceptors (Lipinski definition) is 6. The molecule has 5 N–H and O–H groups in total. The lowest BCUT2D eigenvalue weighted by Crippen LogP contribution is -2.42. The first kappa shape index (κ1) is 17.0. The van der Waals surface area contributed by atoms with Crippen molar-refractivity contribution in [2.75, 3.05) is 11.9 Å². The Morgan fingerprint density at radius 3 is 2.77 bits per heavy atom. The fourth-order valence-electron chi connectivity index (χ4n) is 2.35. The van der Waals surface area contributed by atoms with Crippen LogP contribution in [0.1, 0.15) is 19.6 Å². The predicted molar refractivity (Wildman–Crippen MR) is 73.9 cm³/mol. The van der Waals surface area contributed by atoms with Gasteiger partial charge >= 0.3 is 13.3 Å². The third-order valence-electron chi connectivity index (χ3n) is 3.53. The van der Waals surface area contributed by atoms with Crippen molar-refractivity contribution >= 4 is 13.4 Å². The SMILES string of the molecule is CC1(F)[C@@H](O)[C@@H](CCP(=O)(O)O)O[C@H]1n1ccc(N)nc1=O. The number of rotatable bonds is 4. The monoisotopic (exact) mass is 337 g/mol. The smallest absolute Gasteiger partial charge is 0.351 e. The quantitative estimate of drug-likeness (QED) is 0.531. The summed E-state index contributed by atoms with van der Waals surface area (Å²) < 4.78 is 31.8. The molecule has 1 aliphatic heterocycles. The van der Waals surface area contributed by atoms with Gasteiger partial charge in [0.1, 0.15) is 11.9 Å². The van der Waals surface area contributed by atoms with Crippen LogP contribution >= 0.6 is 7.60 Å². The fourth-order valence-corrected chi connectivity index (χ4v) is 2.94. The minimum absolute atomic E-state index is 0.0431. The van der Waals surface area contributed by atoms with Crippen LogP contribution in [-0.4, -0.2) is 48.5 Å². The molecule has 0 aliphatic carbocycles. The Morgan fingerprint density at radius 2 is 2.23 bits per heavy atom. The number of hydrogen-bond donors (Lipinski definition) is 4. The average molecular weight is 337 g/mol. The third kappa shape index (κ3) is 3.36. The molecule has 2 rings (SSSR count). The highest BCUT2D eigenvalue weighted by Gasteiger charge is 2.55. The minimum Gasteiger partial charge on any atom is -0.387 e. The normalized spacial score (nSPS) is 32.3. The molecule has 11 heteroatoms. The van der Waals surface area contributed by atoms with Crippen LogP contribution in [0, 0.1) is 0 Å². The second-order valence-electron chi connectivity index (χ2n) is 5.34. The number of nitrogens with zero attached hydrogens (tertiary/aromatic N) is 2. The van der Waals surface area contributed by atoms with Crippen molar-refractivity contribution in [2.24, 2.45) is 0 Å². The van der Waals surface area contributed by atoms with Crippen LogP contribution in [0.4, 0.5) is 10.2 Å². The van der Waals surface area contributed by atoms with E-state index in [0.717, 1.165) is 11.5 Å². The van der Waals surface area contributed by atoms with Crippen molar-refractivity contribution in [1.82, 2.24) is 9.55 Å². The van der Waals surface area contributed by atoms with Gasteiger partial charge in [0, 0.05) is 6.20 Å². The van der Waals surface area contributed by atoms with Crippen molar-refractivity contribution < 1.29 is 28.6 Å². The standard InChI is InChI=1S/C11H17FN3O6P/c1-11(12)8(16)6(3-5-22(18,19)20)21-9(11)15-4-2-7(13)14-10(15)17/h2,4,6,8-9,16H,3,5H2,1H3,(H2,13,14,17)(H2,18,19,20)/t6-,8+,9-,11?/m1/s1. The summed E-state index contributed by atoms with van der Waals surface area (Å²) in [6.07, 6.45) is -3.90. The van der Waals surface area contributed by atoms with Crippen LogP contribution in [0.3, 0.4) is 0 Å². The van der Waals surface area contributed by atoms with Crippen molar-refractivity contribution in [3.05, 3.63) is 22.7 Å². The Labute approximate surface area is 124 Å². The number of aromatic nitrogens is 2. The summed E-state index contributed by atoms with van der Waals surface area (Å²) in [4.78, 5) is 32.9. The van der Waals surface area contributed by atoms with Crippen LogP contribution in [-0.2, 0) is 9.30 Å². The van der Waals surface area contributed by atoms with Gasteiger partial charge < -0.3 is 25.4 Å².